The van der Waals surface area contributed by atoms with Crippen molar-refractivity contribution in [1.82, 2.24) is 4.98 Å². The van der Waals surface area contributed by atoms with Gasteiger partial charge < -0.3 is 10.5 Å². The van der Waals surface area contributed by atoms with Gasteiger partial charge in [-0.2, -0.15) is 0 Å². The number of anilines is 1. The molecule has 0 unspecified atom stereocenters. The predicted octanol–water partition coefficient (Wildman–Crippen LogP) is 2.17. The maximum absolute atomic E-state index is 13.2. The monoisotopic (exact) mass is 236 g/mol. The molecule has 88 valence electrons. The lowest BCUT2D eigenvalue weighted by Crippen LogP contribution is -2.14. The smallest absolute Gasteiger partial charge is 0.161 e. The summed E-state index contributed by atoms with van der Waals surface area (Å²) in [7, 11) is 0. The van der Waals surface area contributed by atoms with Crippen molar-refractivity contribution < 1.29 is 13.5 Å². The number of hydrogen-bond donors (Lipinski definition) is 1. The minimum Gasteiger partial charge on any atom is -0.398 e. The van der Waals surface area contributed by atoms with E-state index in [0.717, 1.165) is 23.4 Å². The van der Waals surface area contributed by atoms with Crippen molar-refractivity contribution in [3.63, 3.8) is 0 Å². The van der Waals surface area contributed by atoms with Crippen LogP contribution in [0.25, 0.3) is 10.9 Å². The molecular formula is C12H10F2N2O. The van der Waals surface area contributed by atoms with E-state index in [1.54, 1.807) is 0 Å². The summed E-state index contributed by atoms with van der Waals surface area (Å²) in [5, 5.41) is 0.438. The van der Waals surface area contributed by atoms with Crippen LogP contribution in [0.5, 0.6) is 0 Å². The average Bonchev–Trinajstić information content (AvgIpc) is 2.32. The highest BCUT2D eigenvalue weighted by atomic mass is 19.2. The molecule has 1 aromatic heterocycles. The molecule has 0 spiro atoms. The van der Waals surface area contributed by atoms with E-state index in [1.807, 2.05) is 0 Å². The van der Waals surface area contributed by atoms with Gasteiger partial charge in [-0.3, -0.25) is 4.98 Å². The van der Waals surface area contributed by atoms with E-state index in [0.29, 0.717) is 36.2 Å². The molecule has 0 fully saturated rings. The normalized spacial score (nSPS) is 14.9. The van der Waals surface area contributed by atoms with Crippen molar-refractivity contribution in [3.8, 4) is 0 Å². The van der Waals surface area contributed by atoms with Crippen LogP contribution in [-0.4, -0.2) is 11.6 Å². The van der Waals surface area contributed by atoms with Crippen LogP contribution in [0.3, 0.4) is 0 Å². The maximum atomic E-state index is 13.2. The fourth-order valence-electron chi connectivity index (χ4n) is 2.09. The molecule has 0 radical (unpaired) electrons. The highest BCUT2D eigenvalue weighted by Gasteiger charge is 2.18. The molecule has 0 atom stereocenters. The first kappa shape index (κ1) is 10.4. The van der Waals surface area contributed by atoms with E-state index in [9.17, 15) is 8.78 Å². The number of ether oxygens (including phenoxy) is 1. The summed E-state index contributed by atoms with van der Waals surface area (Å²) in [5.74, 6) is -1.82. The molecule has 17 heavy (non-hydrogen) atoms. The molecule has 2 N–H and O–H groups in total. The van der Waals surface area contributed by atoms with E-state index in [-0.39, 0.29) is 0 Å². The van der Waals surface area contributed by atoms with Crippen molar-refractivity contribution in [2.75, 3.05) is 12.3 Å². The van der Waals surface area contributed by atoms with Gasteiger partial charge in [0.15, 0.2) is 11.6 Å². The number of pyridine rings is 1. The van der Waals surface area contributed by atoms with Gasteiger partial charge in [-0.15, -0.1) is 0 Å². The molecule has 3 nitrogen and oxygen atoms in total. The number of aromatic nitrogens is 1. The molecule has 1 aliphatic heterocycles. The summed E-state index contributed by atoms with van der Waals surface area (Å²) in [6, 6.07) is 2.17. The number of rotatable bonds is 0. The molecule has 0 saturated carbocycles. The first-order valence-electron chi connectivity index (χ1n) is 5.30. The van der Waals surface area contributed by atoms with Crippen molar-refractivity contribution in [1.29, 1.82) is 0 Å². The highest BCUT2D eigenvalue weighted by Crippen LogP contribution is 2.30. The molecule has 0 saturated heterocycles. The van der Waals surface area contributed by atoms with Gasteiger partial charge in [0.1, 0.15) is 0 Å². The van der Waals surface area contributed by atoms with Crippen LogP contribution >= 0.6 is 0 Å². The Kier molecular flexibility index (Phi) is 2.22. The SMILES string of the molecule is Nc1c2c(nc3cc(F)c(F)cc13)CCOC2. The number of hydrogen-bond acceptors (Lipinski definition) is 3. The van der Waals surface area contributed by atoms with E-state index < -0.39 is 11.6 Å². The largest absolute Gasteiger partial charge is 0.398 e. The molecule has 1 aromatic carbocycles. The summed E-state index contributed by atoms with van der Waals surface area (Å²) in [4.78, 5) is 4.31. The third-order valence-corrected chi connectivity index (χ3v) is 2.99. The molecular weight excluding hydrogens is 226 g/mol. The summed E-state index contributed by atoms with van der Waals surface area (Å²) in [6.07, 6.45) is 0.647. The molecule has 2 aromatic rings. The zero-order chi connectivity index (χ0) is 12.0. The Labute approximate surface area is 96.2 Å². The van der Waals surface area contributed by atoms with Gasteiger partial charge in [-0.05, 0) is 6.07 Å². The van der Waals surface area contributed by atoms with Gasteiger partial charge in [0.25, 0.3) is 0 Å². The van der Waals surface area contributed by atoms with Gasteiger partial charge in [0.05, 0.1) is 24.4 Å². The summed E-state index contributed by atoms with van der Waals surface area (Å²) in [6.45, 7) is 0.956. The van der Waals surface area contributed by atoms with Gasteiger partial charge in [0.2, 0.25) is 0 Å². The van der Waals surface area contributed by atoms with Crippen molar-refractivity contribution in [2.24, 2.45) is 0 Å². The van der Waals surface area contributed by atoms with Gasteiger partial charge >= 0.3 is 0 Å². The topological polar surface area (TPSA) is 48.1 Å². The van der Waals surface area contributed by atoms with Crippen LogP contribution in [0.1, 0.15) is 11.3 Å². The van der Waals surface area contributed by atoms with E-state index >= 15 is 0 Å². The highest BCUT2D eigenvalue weighted by molar-refractivity contribution is 5.92. The third kappa shape index (κ3) is 1.54. The van der Waals surface area contributed by atoms with Crippen molar-refractivity contribution in [3.05, 3.63) is 35.0 Å². The fourth-order valence-corrected chi connectivity index (χ4v) is 2.09. The lowest BCUT2D eigenvalue weighted by atomic mass is 10.0. The second kappa shape index (κ2) is 3.63. The Hall–Kier alpha value is -1.75. The predicted molar refractivity (Wildman–Crippen MR) is 59.4 cm³/mol. The molecule has 0 aliphatic carbocycles. The Morgan fingerprint density at radius 3 is 2.82 bits per heavy atom. The van der Waals surface area contributed by atoms with Gasteiger partial charge in [-0.1, -0.05) is 0 Å². The average molecular weight is 236 g/mol. The van der Waals surface area contributed by atoms with Crippen molar-refractivity contribution in [2.45, 2.75) is 13.0 Å². The van der Waals surface area contributed by atoms with Crippen molar-refractivity contribution >= 4 is 16.6 Å². The van der Waals surface area contributed by atoms with E-state index in [4.69, 9.17) is 10.5 Å². The number of benzene rings is 1. The molecule has 3 rings (SSSR count). The number of nitrogens with zero attached hydrogens (tertiary/aromatic N) is 1. The van der Waals surface area contributed by atoms with Crippen LogP contribution in [-0.2, 0) is 17.8 Å². The lowest BCUT2D eigenvalue weighted by Gasteiger charge is -2.19. The Bertz CT molecular complexity index is 613. The zero-order valence-electron chi connectivity index (χ0n) is 8.96. The Balaban J connectivity index is 2.36. The number of nitrogen functional groups attached to an aromatic ring is 1. The zero-order valence-corrected chi connectivity index (χ0v) is 8.96. The maximum Gasteiger partial charge on any atom is 0.161 e. The lowest BCUT2D eigenvalue weighted by molar-refractivity contribution is 0.110. The second-order valence-electron chi connectivity index (χ2n) is 4.04. The third-order valence-electron chi connectivity index (χ3n) is 2.99. The number of halogens is 2. The number of nitrogens with two attached hydrogens (primary N) is 1. The molecule has 5 heteroatoms. The van der Waals surface area contributed by atoms with E-state index in [1.165, 1.54) is 0 Å². The van der Waals surface area contributed by atoms with Crippen LogP contribution in [0.2, 0.25) is 0 Å². The van der Waals surface area contributed by atoms with Crippen LogP contribution < -0.4 is 5.73 Å². The van der Waals surface area contributed by atoms with E-state index in [2.05, 4.69) is 4.98 Å². The molecule has 1 aliphatic rings. The Morgan fingerprint density at radius 2 is 2.00 bits per heavy atom. The fraction of sp³-hybridized carbons (Fsp3) is 0.250. The van der Waals surface area contributed by atoms with Gasteiger partial charge in [-0.25, -0.2) is 8.78 Å². The van der Waals surface area contributed by atoms with Gasteiger partial charge in [0, 0.05) is 29.1 Å². The van der Waals surface area contributed by atoms with Crippen LogP contribution in [0.4, 0.5) is 14.5 Å². The Morgan fingerprint density at radius 1 is 1.24 bits per heavy atom. The standard InChI is InChI=1S/C12H10F2N2O/c13-8-3-6-11(4-9(8)14)16-10-1-2-17-5-7(10)12(6)15/h3-4H,1-2,5H2,(H2,15,16). The first-order valence-corrected chi connectivity index (χ1v) is 5.30. The summed E-state index contributed by atoms with van der Waals surface area (Å²) in [5.41, 5.74) is 8.37. The summed E-state index contributed by atoms with van der Waals surface area (Å²) < 4.78 is 31.6. The quantitative estimate of drug-likeness (QED) is 0.762. The second-order valence-corrected chi connectivity index (χ2v) is 4.04. The molecule has 0 amide bonds. The molecule has 0 bridgehead atoms. The minimum absolute atomic E-state index is 0.378. The minimum atomic E-state index is -0.914. The first-order chi connectivity index (χ1) is 8.16. The molecule has 2 heterocycles. The number of fused-ring (bicyclic) bond motifs is 2. The van der Waals surface area contributed by atoms with Crippen LogP contribution in [0, 0.1) is 11.6 Å². The summed E-state index contributed by atoms with van der Waals surface area (Å²) >= 11 is 0. The van der Waals surface area contributed by atoms with Crippen LogP contribution in [0.15, 0.2) is 12.1 Å².